The third-order valence-corrected chi connectivity index (χ3v) is 6.14. The molecule has 1 amide bonds. The zero-order valence-corrected chi connectivity index (χ0v) is 12.7. The molecule has 3 heterocycles. The molecule has 2 aliphatic rings. The lowest BCUT2D eigenvalue weighted by molar-refractivity contribution is -0.135. The number of piperidine rings is 1. The highest BCUT2D eigenvalue weighted by Crippen LogP contribution is 2.25. The van der Waals surface area contributed by atoms with Crippen LogP contribution in [0.4, 0.5) is 0 Å². The second-order valence-electron chi connectivity index (χ2n) is 5.63. The predicted molar refractivity (Wildman–Crippen MR) is 75.9 cm³/mol. The summed E-state index contributed by atoms with van der Waals surface area (Å²) in [7, 11) is -3.50. The van der Waals surface area contributed by atoms with Crippen molar-refractivity contribution in [1.82, 2.24) is 19.2 Å². The standard InChI is InChI=1S/C13H20N4O3S/c18-13(16-5-1-2-6-16)11-3-7-17(8-4-11)21(19,20)12-9-14-10-15-12/h9-11H,1-8H2,(H,14,15). The molecule has 2 fully saturated rings. The lowest BCUT2D eigenvalue weighted by Gasteiger charge is -2.32. The highest BCUT2D eigenvalue weighted by Gasteiger charge is 2.34. The molecule has 8 heteroatoms. The van der Waals surface area contributed by atoms with E-state index in [1.165, 1.54) is 16.8 Å². The van der Waals surface area contributed by atoms with Gasteiger partial charge in [-0.15, -0.1) is 0 Å². The number of H-pyrrole nitrogens is 1. The van der Waals surface area contributed by atoms with Gasteiger partial charge in [0.05, 0.1) is 12.5 Å². The third kappa shape index (κ3) is 2.82. The number of hydrogen-bond acceptors (Lipinski definition) is 4. The van der Waals surface area contributed by atoms with E-state index in [9.17, 15) is 13.2 Å². The quantitative estimate of drug-likeness (QED) is 0.877. The first-order valence-corrected chi connectivity index (χ1v) is 8.80. The number of aromatic nitrogens is 2. The van der Waals surface area contributed by atoms with E-state index >= 15 is 0 Å². The van der Waals surface area contributed by atoms with Gasteiger partial charge in [0.2, 0.25) is 5.91 Å². The van der Waals surface area contributed by atoms with Crippen molar-refractivity contribution in [3.05, 3.63) is 12.5 Å². The molecule has 2 aliphatic heterocycles. The molecule has 7 nitrogen and oxygen atoms in total. The van der Waals surface area contributed by atoms with Crippen molar-refractivity contribution >= 4 is 15.9 Å². The van der Waals surface area contributed by atoms with Crippen LogP contribution in [-0.2, 0) is 14.8 Å². The van der Waals surface area contributed by atoms with Gasteiger partial charge in [-0.25, -0.2) is 13.4 Å². The lowest BCUT2D eigenvalue weighted by Crippen LogP contribution is -2.43. The smallest absolute Gasteiger partial charge is 0.260 e. The van der Waals surface area contributed by atoms with Crippen molar-refractivity contribution in [1.29, 1.82) is 0 Å². The van der Waals surface area contributed by atoms with Crippen LogP contribution in [0.25, 0.3) is 0 Å². The Morgan fingerprint density at radius 1 is 1.19 bits per heavy atom. The van der Waals surface area contributed by atoms with Crippen LogP contribution in [0.5, 0.6) is 0 Å². The van der Waals surface area contributed by atoms with Gasteiger partial charge >= 0.3 is 0 Å². The van der Waals surface area contributed by atoms with Gasteiger partial charge in [-0.3, -0.25) is 4.79 Å². The molecule has 0 bridgehead atoms. The van der Waals surface area contributed by atoms with Gasteiger partial charge in [0.25, 0.3) is 10.0 Å². The minimum Gasteiger partial charge on any atom is -0.342 e. The summed E-state index contributed by atoms with van der Waals surface area (Å²) in [5, 5.41) is 0.117. The summed E-state index contributed by atoms with van der Waals surface area (Å²) >= 11 is 0. The normalized spacial score (nSPS) is 21.8. The summed E-state index contributed by atoms with van der Waals surface area (Å²) in [6, 6.07) is 0. The van der Waals surface area contributed by atoms with Crippen LogP contribution in [0.2, 0.25) is 0 Å². The molecule has 0 aromatic carbocycles. The lowest BCUT2D eigenvalue weighted by atomic mass is 9.97. The van der Waals surface area contributed by atoms with Crippen LogP contribution in [0, 0.1) is 5.92 Å². The Balaban J connectivity index is 1.61. The van der Waals surface area contributed by atoms with Crippen molar-refractivity contribution in [3.63, 3.8) is 0 Å². The molecule has 1 aromatic heterocycles. The van der Waals surface area contributed by atoms with E-state index in [1.807, 2.05) is 4.90 Å². The minimum atomic E-state index is -3.50. The first kappa shape index (κ1) is 14.5. The van der Waals surface area contributed by atoms with Gasteiger partial charge in [0.1, 0.15) is 0 Å². The van der Waals surface area contributed by atoms with Crippen molar-refractivity contribution in [2.45, 2.75) is 30.7 Å². The van der Waals surface area contributed by atoms with Crippen LogP contribution in [-0.4, -0.2) is 59.7 Å². The Morgan fingerprint density at radius 3 is 2.43 bits per heavy atom. The molecule has 0 spiro atoms. The van der Waals surface area contributed by atoms with Gasteiger partial charge < -0.3 is 9.88 Å². The first-order chi connectivity index (χ1) is 10.1. The van der Waals surface area contributed by atoms with E-state index in [0.717, 1.165) is 25.9 Å². The van der Waals surface area contributed by atoms with E-state index in [0.29, 0.717) is 25.9 Å². The summed E-state index contributed by atoms with van der Waals surface area (Å²) < 4.78 is 26.1. The summed E-state index contributed by atoms with van der Waals surface area (Å²) in [5.41, 5.74) is 0. The molecule has 1 N–H and O–H groups in total. The van der Waals surface area contributed by atoms with Crippen LogP contribution in [0.1, 0.15) is 25.7 Å². The maximum absolute atomic E-state index is 12.3. The van der Waals surface area contributed by atoms with E-state index in [-0.39, 0.29) is 16.9 Å². The van der Waals surface area contributed by atoms with Crippen LogP contribution in [0.15, 0.2) is 17.6 Å². The second-order valence-corrected chi connectivity index (χ2v) is 7.53. The topological polar surface area (TPSA) is 86.4 Å². The molecule has 0 aliphatic carbocycles. The Kier molecular flexibility index (Phi) is 3.99. The number of likely N-dealkylation sites (tertiary alicyclic amines) is 1. The Labute approximate surface area is 124 Å². The average Bonchev–Trinajstić information content (AvgIpc) is 3.19. The highest BCUT2D eigenvalue weighted by atomic mass is 32.2. The number of aromatic amines is 1. The third-order valence-electron chi connectivity index (χ3n) is 4.31. The summed E-state index contributed by atoms with van der Waals surface area (Å²) in [5.74, 6) is 0.169. The molecule has 3 rings (SSSR count). The predicted octanol–water partition coefficient (Wildman–Crippen LogP) is 0.433. The number of amides is 1. The number of imidazole rings is 1. The van der Waals surface area contributed by atoms with Crippen LogP contribution >= 0.6 is 0 Å². The van der Waals surface area contributed by atoms with E-state index in [4.69, 9.17) is 0 Å². The van der Waals surface area contributed by atoms with Gasteiger partial charge in [0, 0.05) is 32.1 Å². The van der Waals surface area contributed by atoms with E-state index in [1.54, 1.807) is 0 Å². The fourth-order valence-corrected chi connectivity index (χ4v) is 4.43. The molecule has 0 unspecified atom stereocenters. The molecule has 0 saturated carbocycles. The molecular formula is C13H20N4O3S. The number of rotatable bonds is 3. The van der Waals surface area contributed by atoms with Crippen LogP contribution in [0.3, 0.4) is 0 Å². The number of carbonyl (C=O) groups excluding carboxylic acids is 1. The molecule has 2 saturated heterocycles. The minimum absolute atomic E-state index is 0.0312. The van der Waals surface area contributed by atoms with Gasteiger partial charge in [-0.2, -0.15) is 4.31 Å². The fourth-order valence-electron chi connectivity index (χ4n) is 3.06. The largest absolute Gasteiger partial charge is 0.342 e. The summed E-state index contributed by atoms with van der Waals surface area (Å²) in [6.07, 6.45) is 6.04. The zero-order valence-electron chi connectivity index (χ0n) is 11.9. The summed E-state index contributed by atoms with van der Waals surface area (Å²) in [6.45, 7) is 2.49. The number of nitrogens with one attached hydrogen (secondary N) is 1. The SMILES string of the molecule is O=C(C1CCN(S(=O)(=O)c2cnc[nH]2)CC1)N1CCCC1. The average molecular weight is 312 g/mol. The van der Waals surface area contributed by atoms with Gasteiger partial charge in [0.15, 0.2) is 5.03 Å². The maximum Gasteiger partial charge on any atom is 0.260 e. The fraction of sp³-hybridized carbons (Fsp3) is 0.692. The second kappa shape index (κ2) is 5.76. The number of sulfonamides is 1. The monoisotopic (exact) mass is 312 g/mol. The first-order valence-electron chi connectivity index (χ1n) is 7.36. The van der Waals surface area contributed by atoms with Crippen molar-refractivity contribution in [3.8, 4) is 0 Å². The molecule has 0 radical (unpaired) electrons. The molecule has 1 aromatic rings. The number of nitrogens with zero attached hydrogens (tertiary/aromatic N) is 3. The number of carbonyl (C=O) groups is 1. The zero-order chi connectivity index (χ0) is 14.9. The Morgan fingerprint density at radius 2 is 1.86 bits per heavy atom. The molecule has 0 atom stereocenters. The highest BCUT2D eigenvalue weighted by molar-refractivity contribution is 7.89. The molecule has 116 valence electrons. The van der Waals surface area contributed by atoms with Crippen molar-refractivity contribution in [2.24, 2.45) is 5.92 Å². The van der Waals surface area contributed by atoms with E-state index in [2.05, 4.69) is 9.97 Å². The van der Waals surface area contributed by atoms with Crippen molar-refractivity contribution < 1.29 is 13.2 Å². The van der Waals surface area contributed by atoms with Gasteiger partial charge in [-0.05, 0) is 25.7 Å². The van der Waals surface area contributed by atoms with Gasteiger partial charge in [-0.1, -0.05) is 0 Å². The number of hydrogen-bond donors (Lipinski definition) is 1. The summed E-state index contributed by atoms with van der Waals surface area (Å²) in [4.78, 5) is 20.6. The Bertz CT molecular complexity index is 585. The molecular weight excluding hydrogens is 292 g/mol. The van der Waals surface area contributed by atoms with Crippen molar-refractivity contribution in [2.75, 3.05) is 26.2 Å². The Hall–Kier alpha value is -1.41. The van der Waals surface area contributed by atoms with E-state index < -0.39 is 10.0 Å². The van der Waals surface area contributed by atoms with Crippen LogP contribution < -0.4 is 0 Å². The molecule has 21 heavy (non-hydrogen) atoms. The maximum atomic E-state index is 12.3.